The highest BCUT2D eigenvalue weighted by Crippen LogP contribution is 2.35. The van der Waals surface area contributed by atoms with E-state index in [0.717, 1.165) is 16.1 Å². The second kappa shape index (κ2) is 11.1. The Morgan fingerprint density at radius 3 is 2.47 bits per heavy atom. The molecule has 0 aliphatic rings. The number of nitrogens with one attached hydrogen (secondary N) is 3. The molecule has 3 N–H and O–H groups in total. The van der Waals surface area contributed by atoms with Crippen molar-refractivity contribution in [3.63, 3.8) is 0 Å². The van der Waals surface area contributed by atoms with Crippen LogP contribution in [0.5, 0.6) is 5.75 Å². The molecule has 0 saturated carbocycles. The minimum atomic E-state index is -4.76. The number of carbonyl (C=O) groups is 1. The molecule has 14 heteroatoms. The van der Waals surface area contributed by atoms with Crippen LogP contribution in [-0.4, -0.2) is 51.8 Å². The van der Waals surface area contributed by atoms with E-state index >= 15 is 0 Å². The molecule has 1 amide bonds. The minimum absolute atomic E-state index is 0.154. The van der Waals surface area contributed by atoms with Crippen molar-refractivity contribution in [2.75, 3.05) is 42.4 Å². The zero-order valence-electron chi connectivity index (χ0n) is 21.3. The van der Waals surface area contributed by atoms with Gasteiger partial charge < -0.3 is 20.7 Å². The average molecular weight is 553 g/mol. The second-order valence-corrected chi connectivity index (χ2v) is 10.3. The Balaban J connectivity index is 1.96. The summed E-state index contributed by atoms with van der Waals surface area (Å²) in [6, 6.07) is 9.46. The molecule has 204 valence electrons. The zero-order chi connectivity index (χ0) is 28.3. The summed E-state index contributed by atoms with van der Waals surface area (Å²) in [6.45, 7) is 1.62. The number of sulfonamides is 1. The van der Waals surface area contributed by atoms with Crippen LogP contribution in [0.3, 0.4) is 0 Å². The van der Waals surface area contributed by atoms with Crippen molar-refractivity contribution in [1.29, 1.82) is 0 Å². The van der Waals surface area contributed by atoms with Crippen LogP contribution in [-0.2, 0) is 22.7 Å². The van der Waals surface area contributed by atoms with E-state index in [1.165, 1.54) is 39.4 Å². The topological polar surface area (TPSA) is 126 Å². The van der Waals surface area contributed by atoms with Gasteiger partial charge in [-0.1, -0.05) is 12.1 Å². The molecule has 0 atom stereocenters. The maximum Gasteiger partial charge on any atom is 0.421 e. The molecule has 38 heavy (non-hydrogen) atoms. The highest BCUT2D eigenvalue weighted by atomic mass is 32.2. The van der Waals surface area contributed by atoms with Crippen molar-refractivity contribution in [2.24, 2.45) is 0 Å². The molecule has 10 nitrogen and oxygen atoms in total. The van der Waals surface area contributed by atoms with Gasteiger partial charge in [0.1, 0.15) is 17.1 Å². The first-order valence-electron chi connectivity index (χ1n) is 11.1. The first kappa shape index (κ1) is 28.5. The Morgan fingerprint density at radius 1 is 1.16 bits per heavy atom. The van der Waals surface area contributed by atoms with Gasteiger partial charge in [0.05, 0.1) is 24.7 Å². The van der Waals surface area contributed by atoms with Gasteiger partial charge in [0.15, 0.2) is 0 Å². The number of alkyl halides is 3. The van der Waals surface area contributed by atoms with Crippen LogP contribution in [0.2, 0.25) is 0 Å². The Kier molecular flexibility index (Phi) is 8.35. The number of carbonyl (C=O) groups excluding carboxylic acids is 1. The molecular weight excluding hydrogens is 525 g/mol. The number of hydrogen-bond donors (Lipinski definition) is 3. The number of rotatable bonds is 9. The number of aryl methyl sites for hydroxylation is 1. The van der Waals surface area contributed by atoms with Gasteiger partial charge in [0, 0.05) is 32.4 Å². The number of amides is 1. The van der Waals surface area contributed by atoms with Gasteiger partial charge in [-0.2, -0.15) is 18.2 Å². The average Bonchev–Trinajstić information content (AvgIpc) is 2.86. The van der Waals surface area contributed by atoms with Crippen LogP contribution in [0.4, 0.5) is 36.3 Å². The molecule has 0 saturated heterocycles. The van der Waals surface area contributed by atoms with E-state index in [4.69, 9.17) is 4.74 Å². The summed E-state index contributed by atoms with van der Waals surface area (Å²) in [5.41, 5.74) is 1.08. The molecule has 0 radical (unpaired) electrons. The lowest BCUT2D eigenvalue weighted by molar-refractivity contribution is -0.137. The smallest absolute Gasteiger partial charge is 0.421 e. The van der Waals surface area contributed by atoms with E-state index in [0.29, 0.717) is 28.7 Å². The number of hydrogen-bond acceptors (Lipinski definition) is 8. The largest absolute Gasteiger partial charge is 0.495 e. The number of nitrogens with zero attached hydrogens (tertiary/aromatic N) is 3. The van der Waals surface area contributed by atoms with Gasteiger partial charge in [-0.3, -0.25) is 9.10 Å². The van der Waals surface area contributed by atoms with Gasteiger partial charge in [-0.25, -0.2) is 13.4 Å². The third kappa shape index (κ3) is 6.62. The van der Waals surface area contributed by atoms with E-state index in [1.54, 1.807) is 25.1 Å². The Labute approximate surface area is 218 Å². The van der Waals surface area contributed by atoms with E-state index in [-0.39, 0.29) is 24.1 Å². The van der Waals surface area contributed by atoms with Crippen LogP contribution in [0.1, 0.15) is 27.0 Å². The summed E-state index contributed by atoms with van der Waals surface area (Å²) in [5, 5.41) is 7.97. The molecule has 3 rings (SSSR count). The van der Waals surface area contributed by atoms with E-state index < -0.39 is 27.6 Å². The molecule has 0 unspecified atom stereocenters. The van der Waals surface area contributed by atoms with Crippen molar-refractivity contribution in [3.05, 3.63) is 64.8 Å². The van der Waals surface area contributed by atoms with E-state index in [9.17, 15) is 26.4 Å². The van der Waals surface area contributed by atoms with Crippen molar-refractivity contribution < 1.29 is 31.1 Å². The van der Waals surface area contributed by atoms with Crippen LogP contribution in [0.15, 0.2) is 42.6 Å². The quantitative estimate of drug-likeness (QED) is 0.365. The summed E-state index contributed by atoms with van der Waals surface area (Å²) >= 11 is 0. The van der Waals surface area contributed by atoms with Crippen molar-refractivity contribution >= 4 is 39.1 Å². The third-order valence-electron chi connectivity index (χ3n) is 5.56. The molecule has 0 spiro atoms. The maximum absolute atomic E-state index is 13.7. The molecule has 0 fully saturated rings. The standard InChI is InChI=1S/C24H27F3N6O4S/c1-14-6-7-16(19(10-14)33(3)38(5,35)36)12-29-21-17(24(25,26)27)13-30-23(32-21)31-18-9-8-15(22(34)28-2)11-20(18)37-4/h6-11,13H,12H2,1-5H3,(H,28,34)(H2,29,30,31,32). The van der Waals surface area contributed by atoms with Gasteiger partial charge >= 0.3 is 6.18 Å². The van der Waals surface area contributed by atoms with Crippen molar-refractivity contribution in [2.45, 2.75) is 19.6 Å². The zero-order valence-corrected chi connectivity index (χ0v) is 22.1. The van der Waals surface area contributed by atoms with E-state index in [1.807, 2.05) is 0 Å². The molecule has 3 aromatic rings. The predicted octanol–water partition coefficient (Wildman–Crippen LogP) is 3.92. The fourth-order valence-electron chi connectivity index (χ4n) is 3.46. The van der Waals surface area contributed by atoms with Gasteiger partial charge in [0.2, 0.25) is 16.0 Å². The number of anilines is 4. The first-order chi connectivity index (χ1) is 17.7. The summed E-state index contributed by atoms with van der Waals surface area (Å²) in [7, 11) is 0.604. The normalized spacial score (nSPS) is 11.6. The molecule has 0 bridgehead atoms. The van der Waals surface area contributed by atoms with Gasteiger partial charge in [-0.05, 0) is 42.3 Å². The summed E-state index contributed by atoms with van der Waals surface area (Å²) in [5.74, 6) is -0.769. The summed E-state index contributed by atoms with van der Waals surface area (Å²) in [4.78, 5) is 19.7. The summed E-state index contributed by atoms with van der Waals surface area (Å²) in [6.07, 6.45) is -3.08. The highest BCUT2D eigenvalue weighted by molar-refractivity contribution is 7.92. The molecule has 0 aliphatic carbocycles. The van der Waals surface area contributed by atoms with E-state index in [2.05, 4.69) is 25.9 Å². The third-order valence-corrected chi connectivity index (χ3v) is 6.75. The Bertz CT molecular complexity index is 1450. The fourth-order valence-corrected chi connectivity index (χ4v) is 3.99. The van der Waals surface area contributed by atoms with Gasteiger partial charge in [-0.15, -0.1) is 0 Å². The van der Waals surface area contributed by atoms with Gasteiger partial charge in [0.25, 0.3) is 5.91 Å². The lowest BCUT2D eigenvalue weighted by Gasteiger charge is -2.22. The van der Waals surface area contributed by atoms with Crippen LogP contribution >= 0.6 is 0 Å². The van der Waals surface area contributed by atoms with Crippen LogP contribution in [0.25, 0.3) is 0 Å². The SMILES string of the molecule is CNC(=O)c1ccc(Nc2ncc(C(F)(F)F)c(NCc3ccc(C)cc3N(C)S(C)(=O)=O)n2)c(OC)c1. The monoisotopic (exact) mass is 552 g/mol. The second-order valence-electron chi connectivity index (χ2n) is 8.29. The molecule has 1 aromatic heterocycles. The minimum Gasteiger partial charge on any atom is -0.495 e. The maximum atomic E-state index is 13.7. The molecule has 1 heterocycles. The number of halogens is 3. The predicted molar refractivity (Wildman–Crippen MR) is 138 cm³/mol. The van der Waals surface area contributed by atoms with Crippen molar-refractivity contribution in [1.82, 2.24) is 15.3 Å². The highest BCUT2D eigenvalue weighted by Gasteiger charge is 2.35. The number of methoxy groups -OCH3 is 1. The number of aromatic nitrogens is 2. The molecular formula is C24H27F3N6O4S. The molecule has 0 aliphatic heterocycles. The van der Waals surface area contributed by atoms with Crippen LogP contribution in [0, 0.1) is 6.92 Å². The fraction of sp³-hybridized carbons (Fsp3) is 0.292. The Hall–Kier alpha value is -4.07. The Morgan fingerprint density at radius 2 is 1.87 bits per heavy atom. The molecule has 2 aromatic carbocycles. The van der Waals surface area contributed by atoms with Crippen LogP contribution < -0.4 is 25.0 Å². The summed E-state index contributed by atoms with van der Waals surface area (Å²) < 4.78 is 71.8. The first-order valence-corrected chi connectivity index (χ1v) is 13.0. The number of ether oxygens (including phenoxy) is 1. The lowest BCUT2D eigenvalue weighted by atomic mass is 10.1. The van der Waals surface area contributed by atoms with Crippen molar-refractivity contribution in [3.8, 4) is 5.75 Å². The lowest BCUT2D eigenvalue weighted by Crippen LogP contribution is -2.26. The number of benzene rings is 2.